The molecule has 0 N–H and O–H groups in total. The van der Waals surface area contributed by atoms with Crippen molar-refractivity contribution >= 4 is 11.1 Å². The molecule has 242 valence electrons. The highest BCUT2D eigenvalue weighted by Gasteiger charge is 2.51. The van der Waals surface area contributed by atoms with Gasteiger partial charge in [0, 0.05) is 0 Å². The summed E-state index contributed by atoms with van der Waals surface area (Å²) >= 11 is 0. The zero-order valence-electron chi connectivity index (χ0n) is 29.2. The lowest BCUT2D eigenvalue weighted by Crippen LogP contribution is -2.25. The van der Waals surface area contributed by atoms with Crippen LogP contribution in [0, 0.1) is 6.92 Å². The second-order valence-corrected chi connectivity index (χ2v) is 13.0. The molecule has 1 spiro atoms. The minimum atomic E-state index is -0.304. The molecular weight excluding hydrogens is 601 g/mol. The standard InChI is InChI=1S/C36H26.C14H16/c1-3-11-24(2)25-12-10-13-26(22-25)27-20-21-31-30-16-6-9-19-34(30)36(35(31)23-27)32-17-7-4-14-28(32)29-15-5-8-18-33(29)36;1-4-7-13(8-5-2)14-10-6-9-12(3)11-14/h3-23H,2H2,1H3;4-11H,1H2,2-3H3/b11-3-;8-5-,13-7+. The van der Waals surface area contributed by atoms with E-state index in [1.165, 1.54) is 72.3 Å². The highest BCUT2D eigenvalue weighted by atomic mass is 14.5. The normalized spacial score (nSPS) is 13.4. The molecule has 0 aromatic heterocycles. The van der Waals surface area contributed by atoms with E-state index >= 15 is 0 Å². The number of fused-ring (bicyclic) bond motifs is 10. The van der Waals surface area contributed by atoms with Gasteiger partial charge in [-0.1, -0.05) is 183 Å². The van der Waals surface area contributed by atoms with Crippen molar-refractivity contribution in [2.45, 2.75) is 26.2 Å². The van der Waals surface area contributed by atoms with Crippen molar-refractivity contribution in [1.82, 2.24) is 0 Å². The van der Waals surface area contributed by atoms with Crippen LogP contribution in [0.5, 0.6) is 0 Å². The number of benzene rings is 6. The SMILES string of the molecule is C=C(/C=C\C)c1cccc(-c2ccc3c(c2)C2(c4ccccc4-c4ccccc42)c2ccccc2-3)c1.C=C/C=C(\C=C/C)c1cccc(C)c1. The third-order valence-corrected chi connectivity index (χ3v) is 9.93. The van der Waals surface area contributed by atoms with Gasteiger partial charge in [-0.3, -0.25) is 0 Å². The molecule has 0 unspecified atom stereocenters. The average molecular weight is 643 g/mol. The quantitative estimate of drug-likeness (QED) is 0.158. The topological polar surface area (TPSA) is 0 Å². The predicted octanol–water partition coefficient (Wildman–Crippen LogP) is 13.4. The van der Waals surface area contributed by atoms with Crippen molar-refractivity contribution in [3.63, 3.8) is 0 Å². The summed E-state index contributed by atoms with van der Waals surface area (Å²) in [6, 6.07) is 51.1. The fraction of sp³-hybridized carbons (Fsp3) is 0.0800. The summed E-state index contributed by atoms with van der Waals surface area (Å²) in [5.41, 5.74) is 18.9. The number of allylic oxidation sites excluding steroid dienone is 8. The molecule has 6 aromatic carbocycles. The van der Waals surface area contributed by atoms with Crippen molar-refractivity contribution < 1.29 is 0 Å². The molecular formula is C50H42. The van der Waals surface area contributed by atoms with Crippen LogP contribution in [0.4, 0.5) is 0 Å². The van der Waals surface area contributed by atoms with Crippen LogP contribution in [0.1, 0.15) is 52.8 Å². The van der Waals surface area contributed by atoms with Crippen molar-refractivity contribution in [3.05, 3.63) is 228 Å². The fourth-order valence-corrected chi connectivity index (χ4v) is 7.85. The van der Waals surface area contributed by atoms with Crippen LogP contribution in [-0.2, 0) is 5.41 Å². The van der Waals surface area contributed by atoms with E-state index in [0.29, 0.717) is 0 Å². The largest absolute Gasteiger partial charge is 0.0990 e. The highest BCUT2D eigenvalue weighted by Crippen LogP contribution is 2.62. The van der Waals surface area contributed by atoms with E-state index in [1.54, 1.807) is 0 Å². The van der Waals surface area contributed by atoms with Crippen LogP contribution in [0.3, 0.4) is 0 Å². The van der Waals surface area contributed by atoms with E-state index in [2.05, 4.69) is 172 Å². The Morgan fingerprint density at radius 1 is 0.520 bits per heavy atom. The van der Waals surface area contributed by atoms with Gasteiger partial charge in [0.25, 0.3) is 0 Å². The van der Waals surface area contributed by atoms with Crippen LogP contribution in [-0.4, -0.2) is 0 Å². The second kappa shape index (κ2) is 13.9. The Hall–Kier alpha value is -5.98. The Morgan fingerprint density at radius 3 is 1.64 bits per heavy atom. The van der Waals surface area contributed by atoms with Crippen LogP contribution < -0.4 is 0 Å². The fourth-order valence-electron chi connectivity index (χ4n) is 7.85. The third kappa shape index (κ3) is 5.54. The van der Waals surface area contributed by atoms with Crippen molar-refractivity contribution in [2.75, 3.05) is 0 Å². The van der Waals surface area contributed by atoms with Gasteiger partial charge < -0.3 is 0 Å². The van der Waals surface area contributed by atoms with E-state index < -0.39 is 0 Å². The van der Waals surface area contributed by atoms with Gasteiger partial charge in [-0.05, 0) is 111 Å². The van der Waals surface area contributed by atoms with Gasteiger partial charge in [-0.2, -0.15) is 0 Å². The molecule has 0 radical (unpaired) electrons. The smallest absolute Gasteiger partial charge is 0.0725 e. The lowest BCUT2D eigenvalue weighted by atomic mass is 9.70. The van der Waals surface area contributed by atoms with Gasteiger partial charge in [-0.25, -0.2) is 0 Å². The minimum Gasteiger partial charge on any atom is -0.0990 e. The first-order valence-corrected chi connectivity index (χ1v) is 17.4. The van der Waals surface area contributed by atoms with Gasteiger partial charge in [0.15, 0.2) is 0 Å². The van der Waals surface area contributed by atoms with Crippen LogP contribution in [0.15, 0.2) is 189 Å². The van der Waals surface area contributed by atoms with Gasteiger partial charge in [-0.15, -0.1) is 0 Å². The number of aryl methyl sites for hydroxylation is 1. The Bertz CT molecular complexity index is 2270. The van der Waals surface area contributed by atoms with Gasteiger partial charge in [0.2, 0.25) is 0 Å². The maximum Gasteiger partial charge on any atom is 0.0725 e. The van der Waals surface area contributed by atoms with Crippen LogP contribution >= 0.6 is 0 Å². The lowest BCUT2D eigenvalue weighted by Gasteiger charge is -2.30. The molecule has 0 fully saturated rings. The zero-order valence-corrected chi connectivity index (χ0v) is 29.2. The number of hydrogen-bond donors (Lipinski definition) is 0. The molecule has 50 heavy (non-hydrogen) atoms. The summed E-state index contributed by atoms with van der Waals surface area (Å²) in [6.45, 7) is 14.1. The summed E-state index contributed by atoms with van der Waals surface area (Å²) in [7, 11) is 0. The molecule has 8 rings (SSSR count). The molecule has 0 bridgehead atoms. The summed E-state index contributed by atoms with van der Waals surface area (Å²) in [5, 5.41) is 0. The van der Waals surface area contributed by atoms with Gasteiger partial charge >= 0.3 is 0 Å². The van der Waals surface area contributed by atoms with Gasteiger partial charge in [0.05, 0.1) is 5.41 Å². The molecule has 0 amide bonds. The first kappa shape index (κ1) is 32.6. The maximum absolute atomic E-state index is 4.26. The Balaban J connectivity index is 0.000000237. The van der Waals surface area contributed by atoms with Gasteiger partial charge in [0.1, 0.15) is 0 Å². The van der Waals surface area contributed by atoms with Crippen molar-refractivity contribution in [1.29, 1.82) is 0 Å². The first-order valence-electron chi connectivity index (χ1n) is 17.4. The monoisotopic (exact) mass is 642 g/mol. The summed E-state index contributed by atoms with van der Waals surface area (Å²) in [4.78, 5) is 0. The molecule has 0 saturated carbocycles. The van der Waals surface area contributed by atoms with E-state index in [-0.39, 0.29) is 5.41 Å². The molecule has 2 aliphatic rings. The Kier molecular flexibility index (Phi) is 9.03. The number of hydrogen-bond acceptors (Lipinski definition) is 0. The van der Waals surface area contributed by atoms with Crippen LogP contribution in [0.2, 0.25) is 0 Å². The Morgan fingerprint density at radius 2 is 1.06 bits per heavy atom. The van der Waals surface area contributed by atoms with E-state index in [9.17, 15) is 0 Å². The molecule has 0 heterocycles. The number of rotatable bonds is 6. The molecule has 0 saturated heterocycles. The lowest BCUT2D eigenvalue weighted by molar-refractivity contribution is 0.794. The maximum atomic E-state index is 4.26. The molecule has 6 aromatic rings. The minimum absolute atomic E-state index is 0.304. The summed E-state index contributed by atoms with van der Waals surface area (Å²) < 4.78 is 0. The molecule has 0 heteroatoms. The highest BCUT2D eigenvalue weighted by molar-refractivity contribution is 5.96. The summed E-state index contributed by atoms with van der Waals surface area (Å²) in [6.07, 6.45) is 12.1. The van der Waals surface area contributed by atoms with E-state index in [0.717, 1.165) is 11.1 Å². The third-order valence-electron chi connectivity index (χ3n) is 9.93. The molecule has 0 nitrogen and oxygen atoms in total. The average Bonchev–Trinajstić information content (AvgIpc) is 3.62. The predicted molar refractivity (Wildman–Crippen MR) is 216 cm³/mol. The summed E-state index contributed by atoms with van der Waals surface area (Å²) in [5.74, 6) is 0. The van der Waals surface area contributed by atoms with Crippen molar-refractivity contribution in [3.8, 4) is 33.4 Å². The Labute approximate surface area is 297 Å². The molecule has 2 aliphatic carbocycles. The second-order valence-electron chi connectivity index (χ2n) is 13.0. The van der Waals surface area contributed by atoms with E-state index in [1.807, 2.05) is 38.2 Å². The zero-order chi connectivity index (χ0) is 34.7. The molecule has 0 atom stereocenters. The molecule has 0 aliphatic heterocycles. The van der Waals surface area contributed by atoms with Crippen molar-refractivity contribution in [2.24, 2.45) is 0 Å². The van der Waals surface area contributed by atoms with E-state index in [4.69, 9.17) is 0 Å². The first-order chi connectivity index (χ1) is 24.5. The van der Waals surface area contributed by atoms with Crippen LogP contribution in [0.25, 0.3) is 44.5 Å².